The van der Waals surface area contributed by atoms with Crippen LogP contribution in [0.3, 0.4) is 0 Å². The van der Waals surface area contributed by atoms with E-state index in [1.54, 1.807) is 31.2 Å². The largest absolute Gasteiger partial charge is 0.497 e. The van der Waals surface area contributed by atoms with Crippen molar-refractivity contribution in [2.75, 3.05) is 12.4 Å². The predicted octanol–water partition coefficient (Wildman–Crippen LogP) is 3.38. The van der Waals surface area contributed by atoms with E-state index in [0.717, 1.165) is 12.1 Å². The molecule has 0 saturated carbocycles. The van der Waals surface area contributed by atoms with Crippen molar-refractivity contribution in [1.82, 2.24) is 0 Å². The molecule has 0 fully saturated rings. The standard InChI is InChI=1S/C16H15F2NO3/c1-10(22-13-5-3-4-12(9-13)21-2)16(20)19-11-6-7-14(17)15(18)8-11/h3-10H,1-2H3,(H,19,20). The zero-order valence-corrected chi connectivity index (χ0v) is 12.1. The normalized spacial score (nSPS) is 11.6. The molecule has 0 spiro atoms. The molecule has 0 aromatic heterocycles. The molecular formula is C16H15F2NO3. The fraction of sp³-hybridized carbons (Fsp3) is 0.188. The van der Waals surface area contributed by atoms with Crippen LogP contribution >= 0.6 is 0 Å². The lowest BCUT2D eigenvalue weighted by Crippen LogP contribution is -2.30. The van der Waals surface area contributed by atoms with Crippen molar-refractivity contribution in [2.45, 2.75) is 13.0 Å². The number of carbonyl (C=O) groups is 1. The zero-order valence-electron chi connectivity index (χ0n) is 12.1. The van der Waals surface area contributed by atoms with Gasteiger partial charge in [0.1, 0.15) is 11.5 Å². The molecule has 1 N–H and O–H groups in total. The highest BCUT2D eigenvalue weighted by Crippen LogP contribution is 2.20. The van der Waals surface area contributed by atoms with Crippen LogP contribution in [0.1, 0.15) is 6.92 Å². The number of hydrogen-bond donors (Lipinski definition) is 1. The first-order valence-electron chi connectivity index (χ1n) is 6.56. The molecule has 4 nitrogen and oxygen atoms in total. The lowest BCUT2D eigenvalue weighted by atomic mass is 10.2. The van der Waals surface area contributed by atoms with Gasteiger partial charge in [-0.05, 0) is 31.2 Å². The Morgan fingerprint density at radius 1 is 1.09 bits per heavy atom. The number of anilines is 1. The molecule has 0 radical (unpaired) electrons. The molecule has 6 heteroatoms. The van der Waals surface area contributed by atoms with E-state index >= 15 is 0 Å². The lowest BCUT2D eigenvalue weighted by molar-refractivity contribution is -0.122. The topological polar surface area (TPSA) is 47.6 Å². The van der Waals surface area contributed by atoms with Crippen molar-refractivity contribution in [3.05, 3.63) is 54.1 Å². The molecule has 116 valence electrons. The minimum absolute atomic E-state index is 0.157. The van der Waals surface area contributed by atoms with E-state index in [0.29, 0.717) is 11.5 Å². The van der Waals surface area contributed by atoms with Crippen molar-refractivity contribution in [2.24, 2.45) is 0 Å². The third-order valence-electron chi connectivity index (χ3n) is 2.91. The van der Waals surface area contributed by atoms with Gasteiger partial charge in [0.25, 0.3) is 5.91 Å². The summed E-state index contributed by atoms with van der Waals surface area (Å²) in [5.74, 6) is -1.41. The molecule has 0 aliphatic rings. The minimum atomic E-state index is -1.03. The van der Waals surface area contributed by atoms with Crippen LogP contribution in [0.15, 0.2) is 42.5 Å². The molecule has 0 aliphatic carbocycles. The molecule has 22 heavy (non-hydrogen) atoms. The maximum atomic E-state index is 13.1. The molecule has 0 saturated heterocycles. The van der Waals surface area contributed by atoms with Crippen LogP contribution in [-0.2, 0) is 4.79 Å². The molecule has 1 atom stereocenters. The predicted molar refractivity (Wildman–Crippen MR) is 78.1 cm³/mol. The highest BCUT2D eigenvalue weighted by Gasteiger charge is 2.16. The monoisotopic (exact) mass is 307 g/mol. The summed E-state index contributed by atoms with van der Waals surface area (Å²) in [6.07, 6.45) is -0.819. The third-order valence-corrected chi connectivity index (χ3v) is 2.91. The highest BCUT2D eigenvalue weighted by molar-refractivity contribution is 5.94. The Bertz CT molecular complexity index is 676. The Kier molecular flexibility index (Phi) is 4.93. The van der Waals surface area contributed by atoms with E-state index in [1.807, 2.05) is 0 Å². The fourth-order valence-corrected chi connectivity index (χ4v) is 1.75. The van der Waals surface area contributed by atoms with Crippen LogP contribution in [0.2, 0.25) is 0 Å². The van der Waals surface area contributed by atoms with Gasteiger partial charge in [-0.3, -0.25) is 4.79 Å². The van der Waals surface area contributed by atoms with E-state index < -0.39 is 23.6 Å². The molecule has 1 amide bonds. The van der Waals surface area contributed by atoms with E-state index in [2.05, 4.69) is 5.32 Å². The first-order valence-corrected chi connectivity index (χ1v) is 6.56. The summed E-state index contributed by atoms with van der Waals surface area (Å²) in [4.78, 5) is 12.0. The summed E-state index contributed by atoms with van der Waals surface area (Å²) in [6.45, 7) is 1.55. The first-order chi connectivity index (χ1) is 10.5. The minimum Gasteiger partial charge on any atom is -0.497 e. The van der Waals surface area contributed by atoms with Gasteiger partial charge in [0.2, 0.25) is 0 Å². The molecule has 2 aromatic carbocycles. The Morgan fingerprint density at radius 2 is 1.82 bits per heavy atom. The van der Waals surface area contributed by atoms with Crippen molar-refractivity contribution in [3.63, 3.8) is 0 Å². The smallest absolute Gasteiger partial charge is 0.265 e. The number of benzene rings is 2. The van der Waals surface area contributed by atoms with Crippen molar-refractivity contribution >= 4 is 11.6 Å². The summed E-state index contributed by atoms with van der Waals surface area (Å²) >= 11 is 0. The summed E-state index contributed by atoms with van der Waals surface area (Å²) in [6, 6.07) is 9.93. The first kappa shape index (κ1) is 15.8. The number of carbonyl (C=O) groups excluding carboxylic acids is 1. The maximum absolute atomic E-state index is 13.1. The van der Waals surface area contributed by atoms with Gasteiger partial charge in [0, 0.05) is 17.8 Å². The Labute approximate surface area is 126 Å². The van der Waals surface area contributed by atoms with Crippen molar-refractivity contribution in [1.29, 1.82) is 0 Å². The SMILES string of the molecule is COc1cccc(OC(C)C(=O)Nc2ccc(F)c(F)c2)c1. The van der Waals surface area contributed by atoms with Crippen LogP contribution in [0.4, 0.5) is 14.5 Å². The van der Waals surface area contributed by atoms with Gasteiger partial charge in [-0.1, -0.05) is 6.07 Å². The van der Waals surface area contributed by atoms with Crippen LogP contribution in [-0.4, -0.2) is 19.1 Å². The summed E-state index contributed by atoms with van der Waals surface area (Å²) < 4.78 is 36.5. The summed E-state index contributed by atoms with van der Waals surface area (Å²) in [5.41, 5.74) is 0.157. The van der Waals surface area contributed by atoms with Gasteiger partial charge in [0.05, 0.1) is 7.11 Å². The van der Waals surface area contributed by atoms with E-state index in [4.69, 9.17) is 9.47 Å². The second kappa shape index (κ2) is 6.89. The quantitative estimate of drug-likeness (QED) is 0.921. The molecule has 0 bridgehead atoms. The number of rotatable bonds is 5. The van der Waals surface area contributed by atoms with E-state index in [1.165, 1.54) is 13.2 Å². The van der Waals surface area contributed by atoms with E-state index in [-0.39, 0.29) is 5.69 Å². The lowest BCUT2D eigenvalue weighted by Gasteiger charge is -2.15. The van der Waals surface area contributed by atoms with E-state index in [9.17, 15) is 13.6 Å². The van der Waals surface area contributed by atoms with Crippen molar-refractivity contribution < 1.29 is 23.0 Å². The Hall–Kier alpha value is -2.63. The second-order valence-corrected chi connectivity index (χ2v) is 4.56. The second-order valence-electron chi connectivity index (χ2n) is 4.56. The van der Waals surface area contributed by atoms with Gasteiger partial charge in [-0.2, -0.15) is 0 Å². The molecular weight excluding hydrogens is 292 g/mol. The van der Waals surface area contributed by atoms with Gasteiger partial charge in [0.15, 0.2) is 17.7 Å². The van der Waals surface area contributed by atoms with Gasteiger partial charge in [-0.15, -0.1) is 0 Å². The number of methoxy groups -OCH3 is 1. The molecule has 0 aliphatic heterocycles. The van der Waals surface area contributed by atoms with Crippen LogP contribution in [0.5, 0.6) is 11.5 Å². The van der Waals surface area contributed by atoms with Gasteiger partial charge >= 0.3 is 0 Å². The number of hydrogen-bond acceptors (Lipinski definition) is 3. The molecule has 0 heterocycles. The average Bonchev–Trinajstić information content (AvgIpc) is 2.51. The highest BCUT2D eigenvalue weighted by atomic mass is 19.2. The average molecular weight is 307 g/mol. The van der Waals surface area contributed by atoms with Crippen LogP contribution < -0.4 is 14.8 Å². The third kappa shape index (κ3) is 3.94. The number of nitrogens with one attached hydrogen (secondary N) is 1. The Morgan fingerprint density at radius 3 is 2.50 bits per heavy atom. The molecule has 2 rings (SSSR count). The molecule has 1 unspecified atom stereocenters. The van der Waals surface area contributed by atoms with Gasteiger partial charge < -0.3 is 14.8 Å². The van der Waals surface area contributed by atoms with Crippen LogP contribution in [0.25, 0.3) is 0 Å². The molecule has 2 aromatic rings. The zero-order chi connectivity index (χ0) is 16.1. The number of ether oxygens (including phenoxy) is 2. The van der Waals surface area contributed by atoms with Crippen molar-refractivity contribution in [3.8, 4) is 11.5 Å². The maximum Gasteiger partial charge on any atom is 0.265 e. The van der Waals surface area contributed by atoms with Crippen LogP contribution in [0, 0.1) is 11.6 Å². The summed E-state index contributed by atoms with van der Waals surface area (Å²) in [5, 5.41) is 2.46. The van der Waals surface area contributed by atoms with Gasteiger partial charge in [-0.25, -0.2) is 8.78 Å². The fourth-order valence-electron chi connectivity index (χ4n) is 1.75. The Balaban J connectivity index is 2.00. The summed E-state index contributed by atoms with van der Waals surface area (Å²) in [7, 11) is 1.53. The number of amides is 1. The number of halogens is 2.